The Morgan fingerprint density at radius 3 is 2.89 bits per heavy atom. The molecule has 1 amide bonds. The zero-order valence-corrected chi connectivity index (χ0v) is 4.55. The Morgan fingerprint density at radius 1 is 1.78 bits per heavy atom. The van der Waals surface area contributed by atoms with E-state index in [1.54, 1.807) is 0 Å². The number of carboxylic acids is 1. The topological polar surface area (TPSA) is 66.4 Å². The first kappa shape index (κ1) is 7.50. The van der Waals surface area contributed by atoms with Crippen molar-refractivity contribution in [2.75, 3.05) is 6.54 Å². The van der Waals surface area contributed by atoms with Gasteiger partial charge in [0.25, 0.3) is 0 Å². The van der Waals surface area contributed by atoms with Crippen molar-refractivity contribution in [2.24, 2.45) is 0 Å². The van der Waals surface area contributed by atoms with Crippen molar-refractivity contribution in [3.05, 3.63) is 0 Å². The van der Waals surface area contributed by atoms with Gasteiger partial charge >= 0.3 is 5.97 Å². The lowest BCUT2D eigenvalue weighted by Crippen LogP contribution is -2.10. The summed E-state index contributed by atoms with van der Waals surface area (Å²) in [5.74, 6) is 2.83. The lowest BCUT2D eigenvalue weighted by molar-refractivity contribution is -0.130. The minimum Gasteiger partial charge on any atom is -0.472 e. The van der Waals surface area contributed by atoms with Gasteiger partial charge in [-0.1, -0.05) is 5.92 Å². The Hall–Kier alpha value is -1.50. The predicted octanol–water partition coefficient (Wildman–Crippen LogP) is -1.18. The summed E-state index contributed by atoms with van der Waals surface area (Å²) in [7, 11) is 0. The molecular formula is C5H5NO3. The summed E-state index contributed by atoms with van der Waals surface area (Å²) in [5.41, 5.74) is 0. The maximum Gasteiger partial charge on any atom is 0.381 e. The summed E-state index contributed by atoms with van der Waals surface area (Å²) >= 11 is 0. The first-order valence-corrected chi connectivity index (χ1v) is 2.16. The number of amides is 1. The zero-order chi connectivity index (χ0) is 7.11. The molecule has 4 heteroatoms. The lowest BCUT2D eigenvalue weighted by Gasteiger charge is -1.80. The standard InChI is InChI=1S/C5H5NO3/c7-4-6-3-1-2-5(8)9/h4H,3H2,(H,6,7)(H,8,9). The van der Waals surface area contributed by atoms with Crippen LogP contribution in [0.3, 0.4) is 0 Å². The highest BCUT2D eigenvalue weighted by Crippen LogP contribution is 1.55. The molecule has 0 aliphatic carbocycles. The number of nitrogens with one attached hydrogen (secondary N) is 1. The average Bonchev–Trinajstić information content (AvgIpc) is 1.80. The van der Waals surface area contributed by atoms with Gasteiger partial charge < -0.3 is 10.4 Å². The van der Waals surface area contributed by atoms with Crippen LogP contribution in [0.4, 0.5) is 0 Å². The molecule has 0 saturated heterocycles. The van der Waals surface area contributed by atoms with Gasteiger partial charge in [-0.25, -0.2) is 4.79 Å². The van der Waals surface area contributed by atoms with E-state index in [0.29, 0.717) is 6.41 Å². The van der Waals surface area contributed by atoms with Crippen molar-refractivity contribution in [3.8, 4) is 11.8 Å². The van der Waals surface area contributed by atoms with E-state index in [1.807, 2.05) is 5.92 Å². The monoisotopic (exact) mass is 127 g/mol. The Labute approximate surface area is 51.9 Å². The second-order valence-corrected chi connectivity index (χ2v) is 1.11. The van der Waals surface area contributed by atoms with Crippen LogP contribution >= 0.6 is 0 Å². The van der Waals surface area contributed by atoms with Gasteiger partial charge in [0.05, 0.1) is 6.54 Å². The molecule has 0 aliphatic rings. The van der Waals surface area contributed by atoms with E-state index in [1.165, 1.54) is 0 Å². The van der Waals surface area contributed by atoms with Crippen LogP contribution in [0.2, 0.25) is 0 Å². The molecule has 0 fully saturated rings. The summed E-state index contributed by atoms with van der Waals surface area (Å²) in [4.78, 5) is 19.2. The molecule has 0 rings (SSSR count). The van der Waals surface area contributed by atoms with Crippen molar-refractivity contribution >= 4 is 12.4 Å². The average molecular weight is 127 g/mol. The van der Waals surface area contributed by atoms with Gasteiger partial charge in [-0.3, -0.25) is 4.79 Å². The molecule has 0 spiro atoms. The molecule has 4 nitrogen and oxygen atoms in total. The normalized spacial score (nSPS) is 6.67. The highest BCUT2D eigenvalue weighted by atomic mass is 16.4. The van der Waals surface area contributed by atoms with Crippen molar-refractivity contribution in [2.45, 2.75) is 0 Å². The van der Waals surface area contributed by atoms with Gasteiger partial charge in [0.2, 0.25) is 6.41 Å². The molecule has 0 radical (unpaired) electrons. The van der Waals surface area contributed by atoms with E-state index < -0.39 is 5.97 Å². The number of aliphatic carboxylic acids is 1. The van der Waals surface area contributed by atoms with E-state index >= 15 is 0 Å². The molecule has 0 aromatic heterocycles. The Balaban J connectivity index is 3.37. The minimum atomic E-state index is -1.19. The Morgan fingerprint density at radius 2 is 2.44 bits per heavy atom. The van der Waals surface area contributed by atoms with Crippen LogP contribution < -0.4 is 5.32 Å². The summed E-state index contributed by atoms with van der Waals surface area (Å²) in [6.45, 7) is 0.0792. The summed E-state index contributed by atoms with van der Waals surface area (Å²) in [5, 5.41) is 10.1. The third kappa shape index (κ3) is 6.50. The fraction of sp³-hybridized carbons (Fsp3) is 0.200. The van der Waals surface area contributed by atoms with Crippen LogP contribution in [0.15, 0.2) is 0 Å². The molecule has 0 aromatic carbocycles. The molecular weight excluding hydrogens is 122 g/mol. The lowest BCUT2D eigenvalue weighted by atomic mass is 10.6. The van der Waals surface area contributed by atoms with Gasteiger partial charge in [-0.15, -0.1) is 0 Å². The first-order valence-electron chi connectivity index (χ1n) is 2.16. The summed E-state index contributed by atoms with van der Waals surface area (Å²) in [6.07, 6.45) is 0.455. The van der Waals surface area contributed by atoms with Crippen molar-refractivity contribution in [1.29, 1.82) is 0 Å². The fourth-order valence-electron chi connectivity index (χ4n) is 0.213. The number of carbonyl (C=O) groups is 2. The van der Waals surface area contributed by atoms with E-state index in [9.17, 15) is 9.59 Å². The summed E-state index contributed by atoms with van der Waals surface area (Å²) in [6, 6.07) is 0. The molecule has 0 atom stereocenters. The second-order valence-electron chi connectivity index (χ2n) is 1.11. The van der Waals surface area contributed by atoms with Crippen LogP contribution in [0, 0.1) is 11.8 Å². The number of rotatable bonds is 2. The summed E-state index contributed by atoms with van der Waals surface area (Å²) < 4.78 is 0. The molecule has 0 unspecified atom stereocenters. The quantitative estimate of drug-likeness (QED) is 0.279. The van der Waals surface area contributed by atoms with Gasteiger partial charge in [-0.2, -0.15) is 0 Å². The van der Waals surface area contributed by atoms with Gasteiger partial charge in [0.1, 0.15) is 0 Å². The van der Waals surface area contributed by atoms with Gasteiger partial charge in [0.15, 0.2) is 0 Å². The molecule has 0 saturated carbocycles. The van der Waals surface area contributed by atoms with Crippen molar-refractivity contribution in [3.63, 3.8) is 0 Å². The van der Waals surface area contributed by atoms with Crippen LogP contribution in [0.25, 0.3) is 0 Å². The molecule has 9 heavy (non-hydrogen) atoms. The van der Waals surface area contributed by atoms with Gasteiger partial charge in [0, 0.05) is 5.92 Å². The molecule has 48 valence electrons. The third-order valence-corrected chi connectivity index (χ3v) is 0.469. The second kappa shape index (κ2) is 4.65. The highest BCUT2D eigenvalue weighted by molar-refractivity contribution is 5.86. The molecule has 2 N–H and O–H groups in total. The van der Waals surface area contributed by atoms with E-state index in [2.05, 4.69) is 11.2 Å². The SMILES string of the molecule is O=CNCC#CC(=O)O. The Bertz CT molecular complexity index is 165. The van der Waals surface area contributed by atoms with Crippen LogP contribution in [-0.2, 0) is 9.59 Å². The Kier molecular flexibility index (Phi) is 3.88. The van der Waals surface area contributed by atoms with E-state index in [4.69, 9.17) is 5.11 Å². The number of carbonyl (C=O) groups excluding carboxylic acids is 1. The fourth-order valence-corrected chi connectivity index (χ4v) is 0.213. The number of hydrogen-bond donors (Lipinski definition) is 2. The van der Waals surface area contributed by atoms with Crippen LogP contribution in [0.1, 0.15) is 0 Å². The first-order chi connectivity index (χ1) is 4.27. The largest absolute Gasteiger partial charge is 0.472 e. The molecule has 0 aromatic rings. The van der Waals surface area contributed by atoms with E-state index in [-0.39, 0.29) is 6.54 Å². The maximum atomic E-state index is 9.67. The van der Waals surface area contributed by atoms with Crippen molar-refractivity contribution in [1.82, 2.24) is 5.32 Å². The van der Waals surface area contributed by atoms with Crippen LogP contribution in [0.5, 0.6) is 0 Å². The highest BCUT2D eigenvalue weighted by Gasteiger charge is 1.80. The maximum absolute atomic E-state index is 9.67. The smallest absolute Gasteiger partial charge is 0.381 e. The molecule has 0 heterocycles. The molecule has 0 bridgehead atoms. The third-order valence-electron chi connectivity index (χ3n) is 0.469. The van der Waals surface area contributed by atoms with Crippen molar-refractivity contribution < 1.29 is 14.7 Å². The van der Waals surface area contributed by atoms with Gasteiger partial charge in [-0.05, 0) is 0 Å². The zero-order valence-electron chi connectivity index (χ0n) is 4.55. The number of carboxylic acid groups (broad SMARTS) is 1. The molecule has 0 aliphatic heterocycles. The van der Waals surface area contributed by atoms with E-state index in [0.717, 1.165) is 0 Å². The minimum absolute atomic E-state index is 0.0792. The number of hydrogen-bond acceptors (Lipinski definition) is 2. The van der Waals surface area contributed by atoms with Crippen LogP contribution in [-0.4, -0.2) is 24.0 Å². The predicted molar refractivity (Wildman–Crippen MR) is 29.5 cm³/mol.